The number of amides is 1. The van der Waals surface area contributed by atoms with Gasteiger partial charge in [0, 0.05) is 5.56 Å². The number of anilines is 1. The second-order valence-corrected chi connectivity index (χ2v) is 9.37. The van der Waals surface area contributed by atoms with Gasteiger partial charge in [0.25, 0.3) is 0 Å². The number of hydrogen-bond donors (Lipinski definition) is 2. The van der Waals surface area contributed by atoms with Crippen molar-refractivity contribution in [1.29, 1.82) is 5.26 Å². The first-order chi connectivity index (χ1) is 15.5. The van der Waals surface area contributed by atoms with Crippen molar-refractivity contribution in [2.45, 2.75) is 11.3 Å². The molecule has 0 aliphatic rings. The van der Waals surface area contributed by atoms with Crippen LogP contribution in [0.2, 0.25) is 15.1 Å². The number of primary sulfonamides is 1. The van der Waals surface area contributed by atoms with Crippen molar-refractivity contribution in [1.82, 2.24) is 0 Å². The Kier molecular flexibility index (Phi) is 7.47. The molecule has 0 heterocycles. The molecule has 0 unspecified atom stereocenters. The summed E-state index contributed by atoms with van der Waals surface area (Å²) in [6.07, 6.45) is -0.423. The number of nitrogens with two attached hydrogens (primary N) is 1. The van der Waals surface area contributed by atoms with Crippen LogP contribution in [0.5, 0.6) is 11.5 Å². The average Bonchev–Trinajstić information content (AvgIpc) is 2.74. The normalized spacial score (nSPS) is 11.0. The van der Waals surface area contributed by atoms with E-state index in [-0.39, 0.29) is 48.3 Å². The Hall–Kier alpha value is -2.87. The lowest BCUT2D eigenvalue weighted by atomic mass is 10.1. The van der Waals surface area contributed by atoms with E-state index in [1.807, 2.05) is 6.07 Å². The van der Waals surface area contributed by atoms with Crippen LogP contribution < -0.4 is 15.2 Å². The highest BCUT2D eigenvalue weighted by Crippen LogP contribution is 2.37. The van der Waals surface area contributed by atoms with E-state index >= 15 is 4.39 Å². The summed E-state index contributed by atoms with van der Waals surface area (Å²) >= 11 is 18.0. The second-order valence-electron chi connectivity index (χ2n) is 6.59. The molecule has 170 valence electrons. The molecule has 0 aliphatic carbocycles. The molecule has 12 heteroatoms. The zero-order chi connectivity index (χ0) is 24.3. The van der Waals surface area contributed by atoms with Crippen LogP contribution in [0.4, 0.5) is 10.1 Å². The number of nitrogens with one attached hydrogen (secondary N) is 1. The van der Waals surface area contributed by atoms with Crippen molar-refractivity contribution in [3.8, 4) is 17.6 Å². The number of nitrogens with zero attached hydrogens (tertiary/aromatic N) is 1. The number of carbonyl (C=O) groups is 1. The number of hydrogen-bond acceptors (Lipinski definition) is 5. The van der Waals surface area contributed by atoms with Gasteiger partial charge < -0.3 is 10.1 Å². The molecule has 3 aromatic carbocycles. The highest BCUT2D eigenvalue weighted by atomic mass is 35.5. The van der Waals surface area contributed by atoms with E-state index in [2.05, 4.69) is 5.32 Å². The molecule has 0 bridgehead atoms. The molecule has 3 N–H and O–H groups in total. The predicted molar refractivity (Wildman–Crippen MR) is 123 cm³/mol. The van der Waals surface area contributed by atoms with Crippen LogP contribution in [0, 0.1) is 17.1 Å². The highest BCUT2D eigenvalue weighted by Gasteiger charge is 2.20. The zero-order valence-corrected chi connectivity index (χ0v) is 19.5. The minimum absolute atomic E-state index is 0.00429. The fourth-order valence-electron chi connectivity index (χ4n) is 2.75. The topological polar surface area (TPSA) is 122 Å². The summed E-state index contributed by atoms with van der Waals surface area (Å²) in [6, 6.07) is 12.4. The van der Waals surface area contributed by atoms with Gasteiger partial charge in [-0.3, -0.25) is 4.79 Å². The Bertz CT molecular complexity index is 1410. The van der Waals surface area contributed by atoms with Gasteiger partial charge in [-0.25, -0.2) is 17.9 Å². The maximum absolute atomic E-state index is 15.1. The number of carbonyl (C=O) groups excluding carboxylic acids is 1. The lowest BCUT2D eigenvalue weighted by Crippen LogP contribution is -2.16. The summed E-state index contributed by atoms with van der Waals surface area (Å²) < 4.78 is 43.4. The van der Waals surface area contributed by atoms with E-state index in [4.69, 9.17) is 44.7 Å². The van der Waals surface area contributed by atoms with E-state index in [1.165, 1.54) is 42.5 Å². The fourth-order valence-corrected chi connectivity index (χ4v) is 3.98. The summed E-state index contributed by atoms with van der Waals surface area (Å²) in [4.78, 5) is 12.2. The standard InChI is InChI=1S/C21H13Cl3FN3O4S/c22-14-2-1-3-18(13(14)10-26)32-21-15(23)6-4-11(20(21)25)8-19(29)28-17-7-5-12(9-16(17)24)33(27,30)31/h1-7,9H,8H2,(H,28,29)(H2,27,30,31). The van der Waals surface area contributed by atoms with Gasteiger partial charge in [-0.2, -0.15) is 5.26 Å². The largest absolute Gasteiger partial charge is 0.451 e. The first-order valence-corrected chi connectivity index (χ1v) is 11.6. The monoisotopic (exact) mass is 527 g/mol. The number of nitriles is 1. The molecule has 3 aromatic rings. The highest BCUT2D eigenvalue weighted by molar-refractivity contribution is 7.89. The summed E-state index contributed by atoms with van der Waals surface area (Å²) in [5.41, 5.74) is 0.0533. The summed E-state index contributed by atoms with van der Waals surface area (Å²) in [5, 5.41) is 16.7. The maximum Gasteiger partial charge on any atom is 0.238 e. The smallest absolute Gasteiger partial charge is 0.238 e. The molecule has 1 amide bonds. The van der Waals surface area contributed by atoms with Crippen molar-refractivity contribution in [2.24, 2.45) is 5.14 Å². The third-order valence-electron chi connectivity index (χ3n) is 4.32. The number of ether oxygens (including phenoxy) is 1. The second kappa shape index (κ2) is 9.95. The Morgan fingerprint density at radius 2 is 1.82 bits per heavy atom. The molecule has 0 aromatic heterocycles. The fraction of sp³-hybridized carbons (Fsp3) is 0.0476. The predicted octanol–water partition coefficient (Wildman–Crippen LogP) is 5.28. The van der Waals surface area contributed by atoms with Crippen LogP contribution in [-0.2, 0) is 21.2 Å². The molecule has 0 radical (unpaired) electrons. The number of halogens is 4. The van der Waals surface area contributed by atoms with E-state index in [0.717, 1.165) is 6.07 Å². The zero-order valence-electron chi connectivity index (χ0n) is 16.4. The molecule has 0 atom stereocenters. The number of sulfonamides is 1. The summed E-state index contributed by atoms with van der Waals surface area (Å²) in [7, 11) is -3.97. The van der Waals surface area contributed by atoms with Crippen LogP contribution >= 0.6 is 34.8 Å². The lowest BCUT2D eigenvalue weighted by Gasteiger charge is -2.13. The molecule has 0 aliphatic heterocycles. The first-order valence-electron chi connectivity index (χ1n) is 8.96. The van der Waals surface area contributed by atoms with Crippen LogP contribution in [-0.4, -0.2) is 14.3 Å². The molecule has 0 spiro atoms. The van der Waals surface area contributed by atoms with Crippen LogP contribution in [0.1, 0.15) is 11.1 Å². The minimum Gasteiger partial charge on any atom is -0.451 e. The quantitative estimate of drug-likeness (QED) is 0.451. The molecular weight excluding hydrogens is 516 g/mol. The van der Waals surface area contributed by atoms with Crippen LogP contribution in [0.3, 0.4) is 0 Å². The summed E-state index contributed by atoms with van der Waals surface area (Å²) in [5.74, 6) is -1.93. The Morgan fingerprint density at radius 1 is 1.09 bits per heavy atom. The van der Waals surface area contributed by atoms with Crippen molar-refractivity contribution in [3.05, 3.63) is 80.5 Å². The Labute approximate surface area is 203 Å². The molecule has 7 nitrogen and oxygen atoms in total. The minimum atomic E-state index is -3.97. The molecule has 0 saturated carbocycles. The Balaban J connectivity index is 1.84. The van der Waals surface area contributed by atoms with Gasteiger partial charge in [-0.1, -0.05) is 46.9 Å². The first kappa shape index (κ1) is 24.8. The lowest BCUT2D eigenvalue weighted by molar-refractivity contribution is -0.115. The number of rotatable bonds is 6. The van der Waals surface area contributed by atoms with Crippen molar-refractivity contribution >= 4 is 56.4 Å². The summed E-state index contributed by atoms with van der Waals surface area (Å²) in [6.45, 7) is 0. The van der Waals surface area contributed by atoms with Gasteiger partial charge in [-0.15, -0.1) is 0 Å². The van der Waals surface area contributed by atoms with Gasteiger partial charge in [0.15, 0.2) is 11.6 Å². The maximum atomic E-state index is 15.1. The van der Waals surface area contributed by atoms with E-state index in [1.54, 1.807) is 0 Å². The van der Waals surface area contributed by atoms with Crippen molar-refractivity contribution < 1.29 is 22.3 Å². The SMILES string of the molecule is N#Cc1c(Cl)cccc1Oc1c(Cl)ccc(CC(=O)Nc2ccc(S(N)(=O)=O)cc2Cl)c1F. The van der Waals surface area contributed by atoms with Crippen LogP contribution in [0.25, 0.3) is 0 Å². The third kappa shape index (κ3) is 5.74. The average molecular weight is 529 g/mol. The molecule has 33 heavy (non-hydrogen) atoms. The van der Waals surface area contributed by atoms with Gasteiger partial charge in [0.1, 0.15) is 17.4 Å². The number of benzene rings is 3. The van der Waals surface area contributed by atoms with Crippen LogP contribution in [0.15, 0.2) is 53.4 Å². The van der Waals surface area contributed by atoms with Gasteiger partial charge in [-0.05, 0) is 36.4 Å². The van der Waals surface area contributed by atoms with E-state index in [0.29, 0.717) is 0 Å². The van der Waals surface area contributed by atoms with Gasteiger partial charge >= 0.3 is 0 Å². The van der Waals surface area contributed by atoms with Crippen molar-refractivity contribution in [3.63, 3.8) is 0 Å². The Morgan fingerprint density at radius 3 is 2.45 bits per heavy atom. The molecule has 0 fully saturated rings. The molecule has 0 saturated heterocycles. The van der Waals surface area contributed by atoms with E-state index < -0.39 is 28.2 Å². The van der Waals surface area contributed by atoms with E-state index in [9.17, 15) is 18.5 Å². The van der Waals surface area contributed by atoms with Crippen molar-refractivity contribution in [2.75, 3.05) is 5.32 Å². The molecular formula is C21H13Cl3FN3O4S. The van der Waals surface area contributed by atoms with Gasteiger partial charge in [0.2, 0.25) is 15.9 Å². The molecule has 3 rings (SSSR count). The van der Waals surface area contributed by atoms with Gasteiger partial charge in [0.05, 0.1) is 32.1 Å². The third-order valence-corrected chi connectivity index (χ3v) is 6.16.